The number of carboxylic acid groups (broad SMARTS) is 4. The van der Waals surface area contributed by atoms with Crippen molar-refractivity contribution in [1.82, 2.24) is 59.1 Å². The highest BCUT2D eigenvalue weighted by atomic mass is 35.5. The third-order valence-corrected chi connectivity index (χ3v) is 17.9. The maximum atomic E-state index is 14.6. The molecule has 0 aliphatic rings. The maximum Gasteiger partial charge on any atom is 0.335 e. The number of para-hydroxylation sites is 4. The lowest BCUT2D eigenvalue weighted by atomic mass is 9.95. The Hall–Kier alpha value is -14.7. The van der Waals surface area contributed by atoms with Crippen molar-refractivity contribution in [3.05, 3.63) is 361 Å². The number of rotatable bonds is 16. The fourth-order valence-electron chi connectivity index (χ4n) is 12.1. The van der Waals surface area contributed by atoms with Gasteiger partial charge in [0.2, 0.25) is 0 Å². The summed E-state index contributed by atoms with van der Waals surface area (Å²) in [6.07, 6.45) is 19.3. The van der Waals surface area contributed by atoms with E-state index in [1.807, 2.05) is 219 Å². The van der Waals surface area contributed by atoms with Crippen LogP contribution in [0.2, 0.25) is 5.02 Å². The largest absolute Gasteiger partial charge is 0.478 e. The van der Waals surface area contributed by atoms with Crippen LogP contribution in [0.1, 0.15) is 58.3 Å². The number of halogens is 2. The molecule has 0 aliphatic heterocycles. The quantitative estimate of drug-likeness (QED) is 0.0700. The minimum atomic E-state index is -1.11. The molecule has 0 saturated carbocycles. The molecule has 0 radical (unpaired) electrons. The van der Waals surface area contributed by atoms with Crippen molar-refractivity contribution in [3.8, 4) is 112 Å². The van der Waals surface area contributed by atoms with E-state index in [2.05, 4.69) is 25.0 Å². The summed E-state index contributed by atoms with van der Waals surface area (Å²) in [5.41, 5.74) is 18.7. The van der Waals surface area contributed by atoms with Crippen LogP contribution in [-0.2, 0) is 0 Å². The first-order valence-electron chi connectivity index (χ1n) is 33.9. The van der Waals surface area contributed by atoms with Gasteiger partial charge in [-0.15, -0.1) is 0 Å². The van der Waals surface area contributed by atoms with Crippen molar-refractivity contribution in [2.24, 2.45) is 0 Å². The molecule has 4 N–H and O–H groups in total. The molecule has 0 bridgehead atoms. The Morgan fingerprint density at radius 2 is 0.679 bits per heavy atom. The summed E-state index contributed by atoms with van der Waals surface area (Å²) < 4.78 is 21.6. The topological polar surface area (TPSA) is 272 Å². The summed E-state index contributed by atoms with van der Waals surface area (Å²) in [6.45, 7) is 5.74. The Bertz CT molecular complexity index is 5520. The molecule has 0 atom stereocenters. The monoisotopic (exact) mass is 1460 g/mol. The molecule has 0 spiro atoms. The molecule has 0 saturated heterocycles. The molecule has 20 nitrogen and oxygen atoms in total. The Kier molecular flexibility index (Phi) is 22.0. The highest BCUT2D eigenvalue weighted by Crippen LogP contribution is 2.40. The van der Waals surface area contributed by atoms with E-state index >= 15 is 0 Å². The summed E-state index contributed by atoms with van der Waals surface area (Å²) >= 11 is 6.41. The number of aryl methyl sites for hydroxylation is 2. The highest BCUT2D eigenvalue weighted by Gasteiger charge is 2.24. The van der Waals surface area contributed by atoms with Crippen molar-refractivity contribution >= 4 is 35.5 Å². The third kappa shape index (κ3) is 16.6. The van der Waals surface area contributed by atoms with Crippen molar-refractivity contribution in [2.45, 2.75) is 20.8 Å². The van der Waals surface area contributed by atoms with Gasteiger partial charge in [-0.1, -0.05) is 103 Å². The number of benzene rings is 8. The first kappa shape index (κ1) is 72.6. The molecular weight excluding hydrogens is 1400 g/mol. The van der Waals surface area contributed by atoms with E-state index in [4.69, 9.17) is 26.9 Å². The van der Waals surface area contributed by atoms with Gasteiger partial charge >= 0.3 is 23.9 Å². The molecule has 0 aliphatic carbocycles. The van der Waals surface area contributed by atoms with Gasteiger partial charge < -0.3 is 20.4 Å². The SMILES string of the molecule is Cc1cc(-c2nn(-c3ccccc3)cc2-c2cccc(C(=O)O)c2C)ccn1.Cc1ccc(C(=O)O)cc1-c1cn(-c2ccccc2)nc1-c1ccncc1.O=C(O)c1ccc(Cl)c(-c2cn(-c3ccccc3)nc2-c2ccncc2)c1.O=C(O)c1ccc(F)c(-c2cn(-c3ccccc3)nc2-c2ccncc2)c1. The number of hydrogen-bond acceptors (Lipinski definition) is 12. The molecule has 0 fully saturated rings. The molecule has 8 aromatic heterocycles. The van der Waals surface area contributed by atoms with E-state index in [0.29, 0.717) is 33.1 Å². The first-order valence-corrected chi connectivity index (χ1v) is 34.3. The van der Waals surface area contributed by atoms with Crippen molar-refractivity contribution in [1.29, 1.82) is 0 Å². The first-order chi connectivity index (χ1) is 52.9. The van der Waals surface area contributed by atoms with Crippen molar-refractivity contribution in [3.63, 3.8) is 0 Å². The summed E-state index contributed by atoms with van der Waals surface area (Å²) in [4.78, 5) is 62.2. The minimum Gasteiger partial charge on any atom is -0.478 e. The minimum absolute atomic E-state index is 0.0135. The van der Waals surface area contributed by atoms with Gasteiger partial charge in [0.05, 0.1) is 45.0 Å². The van der Waals surface area contributed by atoms with E-state index in [-0.39, 0.29) is 22.3 Å². The van der Waals surface area contributed by atoms with Gasteiger partial charge in [0.25, 0.3) is 0 Å². The van der Waals surface area contributed by atoms with Crippen molar-refractivity contribution < 1.29 is 44.0 Å². The molecule has 0 unspecified atom stereocenters. The van der Waals surface area contributed by atoms with Gasteiger partial charge in [-0.25, -0.2) is 42.3 Å². The van der Waals surface area contributed by atoms with E-state index in [9.17, 15) is 44.0 Å². The molecule has 109 heavy (non-hydrogen) atoms. The second kappa shape index (κ2) is 33.0. The number of carboxylic acids is 4. The molecule has 22 heteroatoms. The standard InChI is InChI=1S/C23H19N3O2.C22H17N3O2.C21H14ClN3O2.C21H14FN3O2/c1-15-13-17(11-12-24-15)22-21(14-26(25-22)18-7-4-3-5-8-18)19-9-6-10-20(16(19)2)23(27)28;1-15-7-8-17(22(26)27)13-19(15)20-14-25(18-5-3-2-4-6-18)24-21(20)16-9-11-23-12-10-16;2*22-19-7-6-15(21(26)27)12-17(19)18-13-25(16-4-2-1-3-5-16)24-20(18)14-8-10-23-11-9-14/h3-14H,1-2H3,(H,27,28);2-14H,1H3,(H,26,27);2*1-13H,(H,26,27). The second-order valence-electron chi connectivity index (χ2n) is 24.7. The van der Waals surface area contributed by atoms with Gasteiger partial charge in [0.1, 0.15) is 28.6 Å². The molecule has 16 rings (SSSR count). The molecular formula is C87H64ClFN12O8. The average molecular weight is 1460 g/mol. The number of hydrogen-bond donors (Lipinski definition) is 4. The zero-order valence-corrected chi connectivity index (χ0v) is 59.2. The zero-order valence-electron chi connectivity index (χ0n) is 58.5. The second-order valence-corrected chi connectivity index (χ2v) is 25.1. The van der Waals surface area contributed by atoms with Crippen LogP contribution in [-0.4, -0.2) is 103 Å². The van der Waals surface area contributed by atoms with Crippen molar-refractivity contribution in [2.75, 3.05) is 0 Å². The van der Waals surface area contributed by atoms with Crippen LogP contribution < -0.4 is 0 Å². The Labute approximate surface area is 628 Å². The molecule has 16 aromatic rings. The normalized spacial score (nSPS) is 10.7. The van der Waals surface area contributed by atoms with E-state index in [1.165, 1.54) is 18.2 Å². The Balaban J connectivity index is 0.000000128. The summed E-state index contributed by atoms with van der Waals surface area (Å²) in [5.74, 6) is -4.51. The van der Waals surface area contributed by atoms with Crippen LogP contribution >= 0.6 is 11.6 Å². The summed E-state index contributed by atoms with van der Waals surface area (Å²) in [5, 5.41) is 56.9. The van der Waals surface area contributed by atoms with E-state index in [1.54, 1.807) is 107 Å². The lowest BCUT2D eigenvalue weighted by molar-refractivity contribution is 0.0685. The van der Waals surface area contributed by atoms with E-state index in [0.717, 1.165) is 107 Å². The predicted octanol–water partition coefficient (Wildman–Crippen LogP) is 18.9. The predicted molar refractivity (Wildman–Crippen MR) is 416 cm³/mol. The highest BCUT2D eigenvalue weighted by molar-refractivity contribution is 6.33. The lowest BCUT2D eigenvalue weighted by Gasteiger charge is -2.09. The lowest BCUT2D eigenvalue weighted by Crippen LogP contribution is -2.00. The van der Waals surface area contributed by atoms with Gasteiger partial charge in [-0.05, 0) is 195 Å². The fourth-order valence-corrected chi connectivity index (χ4v) is 12.4. The summed E-state index contributed by atoms with van der Waals surface area (Å²) in [7, 11) is 0. The Morgan fingerprint density at radius 1 is 0.330 bits per heavy atom. The summed E-state index contributed by atoms with van der Waals surface area (Å²) in [6, 6.07) is 72.7. The molecule has 8 aromatic carbocycles. The molecule has 8 heterocycles. The number of nitrogens with zero attached hydrogens (tertiary/aromatic N) is 12. The zero-order chi connectivity index (χ0) is 76.1. The fraction of sp³-hybridized carbons (Fsp3) is 0.0345. The van der Waals surface area contributed by atoms with Crippen LogP contribution in [0.4, 0.5) is 4.39 Å². The Morgan fingerprint density at radius 3 is 1.08 bits per heavy atom. The molecule has 0 amide bonds. The maximum absolute atomic E-state index is 14.6. The number of aromatic nitrogens is 12. The van der Waals surface area contributed by atoms with Crippen LogP contribution in [0.5, 0.6) is 0 Å². The van der Waals surface area contributed by atoms with Crippen LogP contribution in [0, 0.1) is 26.6 Å². The smallest absolute Gasteiger partial charge is 0.335 e. The average Bonchev–Trinajstić information content (AvgIpc) is 1.66. The van der Waals surface area contributed by atoms with Crippen LogP contribution in [0.15, 0.2) is 311 Å². The van der Waals surface area contributed by atoms with E-state index < -0.39 is 29.7 Å². The number of aromatic carboxylic acids is 4. The molecule has 534 valence electrons. The van der Waals surface area contributed by atoms with Gasteiger partial charge in [-0.3, -0.25) is 19.9 Å². The van der Waals surface area contributed by atoms with Gasteiger partial charge in [0, 0.05) is 135 Å². The van der Waals surface area contributed by atoms with Crippen LogP contribution in [0.25, 0.3) is 112 Å². The third-order valence-electron chi connectivity index (χ3n) is 17.6. The number of carbonyl (C=O) groups is 4. The van der Waals surface area contributed by atoms with Crippen LogP contribution in [0.3, 0.4) is 0 Å². The van der Waals surface area contributed by atoms with Gasteiger partial charge in [0.15, 0.2) is 0 Å². The van der Waals surface area contributed by atoms with Gasteiger partial charge in [-0.2, -0.15) is 20.4 Å². The number of pyridine rings is 4.